The summed E-state index contributed by atoms with van der Waals surface area (Å²) in [5, 5.41) is 16.2. The average molecular weight is 292 g/mol. The number of phenols is 1. The third-order valence-corrected chi connectivity index (χ3v) is 3.76. The van der Waals surface area contributed by atoms with Crippen molar-refractivity contribution in [2.24, 2.45) is 5.10 Å². The van der Waals surface area contributed by atoms with Gasteiger partial charge in [-0.15, -0.1) is 0 Å². The molecule has 1 N–H and O–H groups in total. The van der Waals surface area contributed by atoms with Crippen LogP contribution in [0.5, 0.6) is 5.75 Å². The van der Waals surface area contributed by atoms with Crippen LogP contribution >= 0.6 is 0 Å². The Bertz CT molecular complexity index is 725. The van der Waals surface area contributed by atoms with Crippen molar-refractivity contribution in [1.82, 2.24) is 5.01 Å². The van der Waals surface area contributed by atoms with Crippen LogP contribution in [0.2, 0.25) is 0 Å². The van der Waals surface area contributed by atoms with Crippen molar-refractivity contribution >= 4 is 12.5 Å². The third kappa shape index (κ3) is 2.39. The molecule has 1 aliphatic heterocycles. The van der Waals surface area contributed by atoms with E-state index in [1.165, 1.54) is 0 Å². The first kappa shape index (κ1) is 14.1. The number of phenolic OH excluding ortho intramolecular Hbond substituents is 1. The van der Waals surface area contributed by atoms with E-state index in [1.54, 1.807) is 47.6 Å². The van der Waals surface area contributed by atoms with Gasteiger partial charge in [0.1, 0.15) is 5.75 Å². The Kier molecular flexibility index (Phi) is 3.74. The van der Waals surface area contributed by atoms with Crippen LogP contribution in [0.4, 0.5) is 0 Å². The number of aromatic hydroxyl groups is 1. The van der Waals surface area contributed by atoms with E-state index in [1.807, 2.05) is 30.3 Å². The van der Waals surface area contributed by atoms with E-state index in [-0.39, 0.29) is 5.75 Å². The van der Waals surface area contributed by atoms with E-state index < -0.39 is 5.54 Å². The number of carbonyl (C=O) groups is 1. The number of para-hydroxylation sites is 1. The van der Waals surface area contributed by atoms with Gasteiger partial charge in [0.25, 0.3) is 0 Å². The van der Waals surface area contributed by atoms with Crippen molar-refractivity contribution in [2.75, 3.05) is 0 Å². The molecule has 0 aromatic heterocycles. The number of carbonyl (C=O) groups excluding carboxylic acids is 1. The largest absolute Gasteiger partial charge is 0.508 e. The van der Waals surface area contributed by atoms with Gasteiger partial charge >= 0.3 is 0 Å². The molecule has 22 heavy (non-hydrogen) atoms. The van der Waals surface area contributed by atoms with E-state index in [2.05, 4.69) is 5.10 Å². The third-order valence-electron chi connectivity index (χ3n) is 3.76. The van der Waals surface area contributed by atoms with Gasteiger partial charge in [-0.1, -0.05) is 48.5 Å². The quantitative estimate of drug-likeness (QED) is 0.882. The lowest BCUT2D eigenvalue weighted by Gasteiger charge is -2.38. The van der Waals surface area contributed by atoms with Crippen LogP contribution in [0.25, 0.3) is 0 Å². The van der Waals surface area contributed by atoms with Crippen molar-refractivity contribution in [1.29, 1.82) is 0 Å². The predicted molar refractivity (Wildman–Crippen MR) is 85.5 cm³/mol. The molecule has 0 fully saturated rings. The Morgan fingerprint density at radius 3 is 2.55 bits per heavy atom. The standard InChI is InChI=1S/C18H16N2O2/c21-14-18(16-9-4-5-10-17(16)22)11-6-12-19-20(18)13-15-7-2-1-3-8-15/h1-12,14,22H,13H2. The first-order valence-electron chi connectivity index (χ1n) is 7.04. The molecular weight excluding hydrogens is 276 g/mol. The zero-order valence-corrected chi connectivity index (χ0v) is 12.0. The van der Waals surface area contributed by atoms with E-state index in [0.717, 1.165) is 11.8 Å². The maximum absolute atomic E-state index is 12.0. The Labute approximate surface area is 129 Å². The second kappa shape index (κ2) is 5.85. The first-order valence-corrected chi connectivity index (χ1v) is 7.04. The number of aldehydes is 1. The maximum Gasteiger partial charge on any atom is 0.160 e. The van der Waals surface area contributed by atoms with Gasteiger partial charge in [-0.2, -0.15) is 5.10 Å². The molecule has 0 saturated carbocycles. The molecule has 1 unspecified atom stereocenters. The molecule has 0 spiro atoms. The Morgan fingerprint density at radius 1 is 1.09 bits per heavy atom. The molecule has 1 aliphatic rings. The van der Waals surface area contributed by atoms with Crippen molar-refractivity contribution < 1.29 is 9.90 Å². The zero-order chi connectivity index (χ0) is 15.4. The van der Waals surface area contributed by atoms with Gasteiger partial charge in [-0.3, -0.25) is 9.80 Å². The monoisotopic (exact) mass is 292 g/mol. The van der Waals surface area contributed by atoms with Crippen LogP contribution in [-0.4, -0.2) is 22.6 Å². The molecule has 2 aromatic rings. The van der Waals surface area contributed by atoms with Gasteiger partial charge in [0, 0.05) is 11.8 Å². The lowest BCUT2D eigenvalue weighted by atomic mass is 9.88. The number of nitrogens with zero attached hydrogens (tertiary/aromatic N) is 2. The van der Waals surface area contributed by atoms with Crippen LogP contribution < -0.4 is 0 Å². The molecule has 110 valence electrons. The SMILES string of the molecule is O=CC1(c2ccccc2O)C=CC=NN1Cc1ccccc1. The smallest absolute Gasteiger partial charge is 0.160 e. The van der Waals surface area contributed by atoms with Gasteiger partial charge < -0.3 is 5.11 Å². The van der Waals surface area contributed by atoms with Crippen LogP contribution in [0.15, 0.2) is 71.9 Å². The van der Waals surface area contributed by atoms with Crippen LogP contribution in [-0.2, 0) is 16.9 Å². The zero-order valence-electron chi connectivity index (χ0n) is 12.0. The second-order valence-corrected chi connectivity index (χ2v) is 5.13. The fourth-order valence-electron chi connectivity index (χ4n) is 2.62. The molecular formula is C18H16N2O2. The Hall–Kier alpha value is -2.88. The van der Waals surface area contributed by atoms with Gasteiger partial charge in [0.15, 0.2) is 11.8 Å². The van der Waals surface area contributed by atoms with Gasteiger partial charge in [-0.05, 0) is 23.8 Å². The minimum atomic E-state index is -1.10. The van der Waals surface area contributed by atoms with Gasteiger partial charge in [0.05, 0.1) is 6.54 Å². The molecule has 2 aromatic carbocycles. The van der Waals surface area contributed by atoms with Crippen LogP contribution in [0, 0.1) is 0 Å². The minimum Gasteiger partial charge on any atom is -0.508 e. The van der Waals surface area contributed by atoms with Crippen molar-refractivity contribution in [3.05, 3.63) is 77.9 Å². The summed E-state index contributed by atoms with van der Waals surface area (Å²) in [6, 6.07) is 16.6. The molecule has 1 atom stereocenters. The summed E-state index contributed by atoms with van der Waals surface area (Å²) in [4.78, 5) is 12.0. The van der Waals surface area contributed by atoms with E-state index in [9.17, 15) is 9.90 Å². The summed E-state index contributed by atoms with van der Waals surface area (Å²) in [5.41, 5.74) is 0.460. The minimum absolute atomic E-state index is 0.0782. The predicted octanol–water partition coefficient (Wildman–Crippen LogP) is 2.84. The lowest BCUT2D eigenvalue weighted by Crippen LogP contribution is -2.44. The Morgan fingerprint density at radius 2 is 1.82 bits per heavy atom. The number of benzene rings is 2. The number of hydrazone groups is 1. The average Bonchev–Trinajstić information content (AvgIpc) is 2.57. The summed E-state index contributed by atoms with van der Waals surface area (Å²) in [5.74, 6) is 0.0782. The van der Waals surface area contributed by atoms with Crippen molar-refractivity contribution in [2.45, 2.75) is 12.1 Å². The highest BCUT2D eigenvalue weighted by atomic mass is 16.3. The molecule has 3 rings (SSSR count). The summed E-state index contributed by atoms with van der Waals surface area (Å²) >= 11 is 0. The summed E-state index contributed by atoms with van der Waals surface area (Å²) < 4.78 is 0. The second-order valence-electron chi connectivity index (χ2n) is 5.13. The Balaban J connectivity index is 2.04. The fourth-order valence-corrected chi connectivity index (χ4v) is 2.62. The molecule has 4 nitrogen and oxygen atoms in total. The lowest BCUT2D eigenvalue weighted by molar-refractivity contribution is -0.117. The fraction of sp³-hybridized carbons (Fsp3) is 0.111. The highest BCUT2D eigenvalue weighted by Crippen LogP contribution is 2.36. The topological polar surface area (TPSA) is 52.9 Å². The van der Waals surface area contributed by atoms with E-state index in [0.29, 0.717) is 12.1 Å². The highest BCUT2D eigenvalue weighted by molar-refractivity contribution is 5.80. The van der Waals surface area contributed by atoms with E-state index in [4.69, 9.17) is 0 Å². The molecule has 0 aliphatic carbocycles. The van der Waals surface area contributed by atoms with Gasteiger partial charge in [-0.25, -0.2) is 0 Å². The summed E-state index contributed by atoms with van der Waals surface area (Å²) in [6.07, 6.45) is 5.94. The first-order chi connectivity index (χ1) is 10.8. The molecule has 0 bridgehead atoms. The molecule has 0 saturated heterocycles. The van der Waals surface area contributed by atoms with Crippen molar-refractivity contribution in [3.63, 3.8) is 0 Å². The van der Waals surface area contributed by atoms with E-state index >= 15 is 0 Å². The van der Waals surface area contributed by atoms with Crippen molar-refractivity contribution in [3.8, 4) is 5.75 Å². The molecule has 0 radical (unpaired) electrons. The number of rotatable bonds is 4. The van der Waals surface area contributed by atoms with Crippen LogP contribution in [0.3, 0.4) is 0 Å². The summed E-state index contributed by atoms with van der Waals surface area (Å²) in [7, 11) is 0. The van der Waals surface area contributed by atoms with Gasteiger partial charge in [0.2, 0.25) is 0 Å². The number of hydrogen-bond acceptors (Lipinski definition) is 4. The molecule has 1 heterocycles. The molecule has 0 amide bonds. The number of allylic oxidation sites excluding steroid dienone is 1. The van der Waals surface area contributed by atoms with Crippen LogP contribution in [0.1, 0.15) is 11.1 Å². The highest BCUT2D eigenvalue weighted by Gasteiger charge is 2.39. The molecule has 4 heteroatoms. The maximum atomic E-state index is 12.0. The summed E-state index contributed by atoms with van der Waals surface area (Å²) in [6.45, 7) is 0.467. The number of hydrogen-bond donors (Lipinski definition) is 1. The normalized spacial score (nSPS) is 20.1.